The molecular formula is C30H34N8O3. The molecule has 1 aliphatic heterocycles. The largest absolute Gasteiger partial charge is 0.354 e. The number of amides is 2. The number of hydrogen-bond donors (Lipinski definition) is 1. The Balaban J connectivity index is 1.25. The number of fused-ring (bicyclic) bond motifs is 2. The topological polar surface area (TPSA) is 128 Å². The minimum atomic E-state index is -0.529. The summed E-state index contributed by atoms with van der Waals surface area (Å²) < 4.78 is 3.35. The predicted octanol–water partition coefficient (Wildman–Crippen LogP) is 2.78. The fourth-order valence-electron chi connectivity index (χ4n) is 6.21. The van der Waals surface area contributed by atoms with E-state index in [4.69, 9.17) is 0 Å². The zero-order chi connectivity index (χ0) is 29.1. The van der Waals surface area contributed by atoms with Gasteiger partial charge in [-0.05, 0) is 61.4 Å². The predicted molar refractivity (Wildman–Crippen MR) is 152 cm³/mol. The van der Waals surface area contributed by atoms with Crippen molar-refractivity contribution in [1.29, 1.82) is 0 Å². The normalized spacial score (nSPS) is 21.2. The van der Waals surface area contributed by atoms with E-state index in [0.29, 0.717) is 36.3 Å². The Morgan fingerprint density at radius 1 is 1.07 bits per heavy atom. The first-order valence-electron chi connectivity index (χ1n) is 13.9. The standard InChI is InChI=1S/C30H34N8O3/c1-17-10-20(21-14-32-19(3)33-15-21)11-23-27(18(2)39)35-37(28(17)23)16-26(40)38-24(12-30(4)13-25(30)38)29(41)31-8-6-22-7-9-36(5)34-22/h7,9-11,14-15,24-25H,6,8,12-13,16H2,1-5H3,(H,31,41)/t24-,25+,30-/m0/s1. The van der Waals surface area contributed by atoms with E-state index >= 15 is 0 Å². The zero-order valence-electron chi connectivity index (χ0n) is 24.0. The smallest absolute Gasteiger partial charge is 0.245 e. The molecule has 11 nitrogen and oxygen atoms in total. The average Bonchev–Trinajstić information content (AvgIpc) is 3.22. The van der Waals surface area contributed by atoms with E-state index in [9.17, 15) is 14.4 Å². The summed E-state index contributed by atoms with van der Waals surface area (Å²) in [6.45, 7) is 7.79. The number of carbonyl (C=O) groups excluding carboxylic acids is 3. The van der Waals surface area contributed by atoms with Crippen LogP contribution in [0.5, 0.6) is 0 Å². The monoisotopic (exact) mass is 554 g/mol. The number of piperidine rings is 1. The van der Waals surface area contributed by atoms with Crippen LogP contribution in [-0.2, 0) is 29.6 Å². The number of hydrogen-bond acceptors (Lipinski definition) is 7. The van der Waals surface area contributed by atoms with Crippen LogP contribution < -0.4 is 5.32 Å². The van der Waals surface area contributed by atoms with Crippen molar-refractivity contribution in [2.45, 2.75) is 65.6 Å². The van der Waals surface area contributed by atoms with Crippen LogP contribution in [0.25, 0.3) is 22.0 Å². The number of rotatable bonds is 8. The molecule has 4 heterocycles. The number of carbonyl (C=O) groups is 3. The summed E-state index contributed by atoms with van der Waals surface area (Å²) in [5.74, 6) is 0.185. The Bertz CT molecular complexity index is 1690. The minimum Gasteiger partial charge on any atom is -0.354 e. The van der Waals surface area contributed by atoms with Crippen molar-refractivity contribution < 1.29 is 14.4 Å². The van der Waals surface area contributed by atoms with Crippen molar-refractivity contribution >= 4 is 28.5 Å². The quantitative estimate of drug-likeness (QED) is 0.332. The highest BCUT2D eigenvalue weighted by molar-refractivity contribution is 6.07. The Labute approximate surface area is 238 Å². The number of nitrogens with one attached hydrogen (secondary N) is 1. The third kappa shape index (κ3) is 4.89. The molecular weight excluding hydrogens is 520 g/mol. The highest BCUT2D eigenvalue weighted by Gasteiger charge is 2.64. The first kappa shape index (κ1) is 26.8. The van der Waals surface area contributed by atoms with Gasteiger partial charge in [0.25, 0.3) is 0 Å². The molecule has 6 rings (SSSR count). The van der Waals surface area contributed by atoms with Gasteiger partial charge in [0.2, 0.25) is 11.8 Å². The van der Waals surface area contributed by atoms with Crippen molar-refractivity contribution in [3.05, 3.63) is 59.6 Å². The maximum Gasteiger partial charge on any atom is 0.245 e. The van der Waals surface area contributed by atoms with Crippen molar-refractivity contribution in [2.75, 3.05) is 6.54 Å². The summed E-state index contributed by atoms with van der Waals surface area (Å²) in [4.78, 5) is 50.1. The molecule has 1 aromatic carbocycles. The van der Waals surface area contributed by atoms with Crippen molar-refractivity contribution in [3.8, 4) is 11.1 Å². The zero-order valence-corrected chi connectivity index (χ0v) is 24.0. The second-order valence-electron chi connectivity index (χ2n) is 11.7. The van der Waals surface area contributed by atoms with Crippen LogP contribution in [0.3, 0.4) is 0 Å². The third-order valence-electron chi connectivity index (χ3n) is 8.44. The van der Waals surface area contributed by atoms with Crippen LogP contribution in [-0.4, -0.2) is 70.7 Å². The molecule has 3 aromatic heterocycles. The van der Waals surface area contributed by atoms with Crippen molar-refractivity contribution in [3.63, 3.8) is 0 Å². The lowest BCUT2D eigenvalue weighted by Crippen LogP contribution is -2.49. The Morgan fingerprint density at radius 2 is 1.83 bits per heavy atom. The van der Waals surface area contributed by atoms with Gasteiger partial charge in [0.05, 0.1) is 11.2 Å². The number of aryl methyl sites for hydroxylation is 3. The minimum absolute atomic E-state index is 0.0323. The van der Waals surface area contributed by atoms with Gasteiger partial charge in [-0.1, -0.05) is 6.92 Å². The van der Waals surface area contributed by atoms with E-state index in [2.05, 4.69) is 32.4 Å². The molecule has 4 aromatic rings. The van der Waals surface area contributed by atoms with Gasteiger partial charge in [-0.3, -0.25) is 23.7 Å². The first-order valence-corrected chi connectivity index (χ1v) is 13.9. The molecule has 1 saturated carbocycles. The van der Waals surface area contributed by atoms with E-state index in [1.54, 1.807) is 26.7 Å². The van der Waals surface area contributed by atoms with Crippen LogP contribution in [0, 0.1) is 19.3 Å². The first-order chi connectivity index (χ1) is 19.5. The summed E-state index contributed by atoms with van der Waals surface area (Å²) in [6, 6.07) is 5.33. The van der Waals surface area contributed by atoms with Crippen LogP contribution >= 0.6 is 0 Å². The van der Waals surface area contributed by atoms with Gasteiger partial charge < -0.3 is 10.2 Å². The van der Waals surface area contributed by atoms with Crippen LogP contribution in [0.2, 0.25) is 0 Å². The van der Waals surface area contributed by atoms with E-state index < -0.39 is 6.04 Å². The molecule has 0 bridgehead atoms. The molecule has 2 fully saturated rings. The highest BCUT2D eigenvalue weighted by Crippen LogP contribution is 2.59. The summed E-state index contributed by atoms with van der Waals surface area (Å²) in [7, 11) is 1.86. The van der Waals surface area contributed by atoms with Crippen LogP contribution in [0.4, 0.5) is 0 Å². The lowest BCUT2D eigenvalue weighted by atomic mass is 10.0. The number of likely N-dealkylation sites (tertiary alicyclic amines) is 1. The van der Waals surface area contributed by atoms with Crippen molar-refractivity contribution in [2.24, 2.45) is 12.5 Å². The molecule has 2 amide bonds. The van der Waals surface area contributed by atoms with Crippen LogP contribution in [0.15, 0.2) is 36.8 Å². The van der Waals surface area contributed by atoms with Gasteiger partial charge in [0, 0.05) is 62.5 Å². The Kier molecular flexibility index (Phi) is 6.47. The number of nitrogens with zero attached hydrogens (tertiary/aromatic N) is 7. The average molecular weight is 555 g/mol. The molecule has 0 unspecified atom stereocenters. The Morgan fingerprint density at radius 3 is 2.51 bits per heavy atom. The molecule has 0 spiro atoms. The second kappa shape index (κ2) is 9.90. The van der Waals surface area contributed by atoms with Gasteiger partial charge in [0.15, 0.2) is 5.78 Å². The fourth-order valence-corrected chi connectivity index (χ4v) is 6.21. The SMILES string of the molecule is CC(=O)c1nn(CC(=O)N2[C@H](C(=O)NCCc3ccn(C)n3)C[C@@]3(C)C[C@@H]23)c2c(C)cc(-c3cnc(C)nc3)cc12. The molecule has 11 heteroatoms. The molecule has 1 saturated heterocycles. The van der Waals surface area contributed by atoms with E-state index in [1.165, 1.54) is 6.92 Å². The van der Waals surface area contributed by atoms with Gasteiger partial charge >= 0.3 is 0 Å². The van der Waals surface area contributed by atoms with Gasteiger partial charge in [-0.15, -0.1) is 0 Å². The van der Waals surface area contributed by atoms with E-state index in [0.717, 1.165) is 34.3 Å². The molecule has 1 N–H and O–H groups in total. The van der Waals surface area contributed by atoms with E-state index in [-0.39, 0.29) is 35.6 Å². The number of ketones is 1. The van der Waals surface area contributed by atoms with E-state index in [1.807, 2.05) is 45.3 Å². The summed E-state index contributed by atoms with van der Waals surface area (Å²) in [6.07, 6.45) is 7.53. The summed E-state index contributed by atoms with van der Waals surface area (Å²) in [5.41, 5.74) is 4.49. The third-order valence-corrected chi connectivity index (χ3v) is 8.44. The molecule has 3 atom stereocenters. The lowest BCUT2D eigenvalue weighted by Gasteiger charge is -2.27. The maximum atomic E-state index is 13.8. The molecule has 212 valence electrons. The van der Waals surface area contributed by atoms with Crippen molar-refractivity contribution in [1.82, 2.24) is 39.7 Å². The lowest BCUT2D eigenvalue weighted by molar-refractivity contribution is -0.140. The second-order valence-corrected chi connectivity index (χ2v) is 11.7. The van der Waals surface area contributed by atoms with Gasteiger partial charge in [-0.2, -0.15) is 10.2 Å². The molecule has 1 aliphatic carbocycles. The van der Waals surface area contributed by atoms with Gasteiger partial charge in [0.1, 0.15) is 24.1 Å². The molecule has 2 aliphatic rings. The van der Waals surface area contributed by atoms with Crippen LogP contribution in [0.1, 0.15) is 54.3 Å². The summed E-state index contributed by atoms with van der Waals surface area (Å²) in [5, 5.41) is 12.7. The maximum absolute atomic E-state index is 13.8. The Hall–Kier alpha value is -4.41. The fraction of sp³-hybridized carbons (Fsp3) is 0.433. The number of benzene rings is 1. The number of aromatic nitrogens is 6. The highest BCUT2D eigenvalue weighted by atomic mass is 16.2. The summed E-state index contributed by atoms with van der Waals surface area (Å²) >= 11 is 0. The number of Topliss-reactive ketones (excluding diaryl/α,β-unsaturated/α-hetero) is 1. The van der Waals surface area contributed by atoms with Gasteiger partial charge in [-0.25, -0.2) is 9.97 Å². The molecule has 0 radical (unpaired) electrons. The molecule has 41 heavy (non-hydrogen) atoms.